The Labute approximate surface area is 125 Å². The molecule has 5 nitrogen and oxygen atoms in total. The summed E-state index contributed by atoms with van der Waals surface area (Å²) in [7, 11) is 0. The molecule has 2 rings (SSSR count). The lowest BCUT2D eigenvalue weighted by atomic mass is 10.1. The number of phenolic OH excluding ortho intramolecular Hbond substituents is 1. The largest absolute Gasteiger partial charge is 0.507 e. The lowest BCUT2D eigenvalue weighted by Gasteiger charge is -2.25. The quantitative estimate of drug-likeness (QED) is 0.634. The number of aromatic hydroxyl groups is 1. The van der Waals surface area contributed by atoms with Crippen LogP contribution < -0.4 is 17.2 Å². The number of phenols is 1. The molecule has 21 heavy (non-hydrogen) atoms. The number of likely N-dealkylation sites (tertiary alicyclic amines) is 1. The molecule has 0 unspecified atom stereocenters. The van der Waals surface area contributed by atoms with Crippen LogP contribution in [0.15, 0.2) is 41.9 Å². The van der Waals surface area contributed by atoms with Crippen LogP contribution in [-0.4, -0.2) is 23.1 Å². The van der Waals surface area contributed by atoms with E-state index in [1.165, 1.54) is 12.8 Å². The fourth-order valence-corrected chi connectivity index (χ4v) is 2.61. The molecule has 1 heterocycles. The average molecular weight is 288 g/mol. The number of para-hydroxylation sites is 1. The fraction of sp³-hybridized carbons (Fsp3) is 0.375. The van der Waals surface area contributed by atoms with Crippen LogP contribution in [0.25, 0.3) is 5.70 Å². The molecule has 1 aromatic rings. The van der Waals surface area contributed by atoms with Gasteiger partial charge in [0.2, 0.25) is 0 Å². The van der Waals surface area contributed by atoms with Crippen molar-refractivity contribution in [3.63, 3.8) is 0 Å². The maximum Gasteiger partial charge on any atom is 0.124 e. The number of rotatable bonds is 3. The Hall–Kier alpha value is -2.30. The molecule has 0 saturated carbocycles. The highest BCUT2D eigenvalue weighted by Gasteiger charge is 2.14. The first kappa shape index (κ1) is 15.1. The van der Waals surface area contributed by atoms with E-state index in [-0.39, 0.29) is 11.6 Å². The Morgan fingerprint density at radius 1 is 1.00 bits per heavy atom. The predicted octanol–water partition coefficient (Wildman–Crippen LogP) is 1.65. The number of hydrogen-bond donors (Lipinski definition) is 4. The third-order valence-corrected chi connectivity index (χ3v) is 3.75. The van der Waals surface area contributed by atoms with Crippen LogP contribution in [0.3, 0.4) is 0 Å². The first-order valence-electron chi connectivity index (χ1n) is 7.35. The van der Waals surface area contributed by atoms with E-state index in [0.717, 1.165) is 31.6 Å². The Kier molecular flexibility index (Phi) is 4.98. The fourth-order valence-electron chi connectivity index (χ4n) is 2.61. The van der Waals surface area contributed by atoms with Gasteiger partial charge in [-0.3, -0.25) is 0 Å². The third-order valence-electron chi connectivity index (χ3n) is 3.75. The van der Waals surface area contributed by atoms with Crippen LogP contribution in [-0.2, 0) is 0 Å². The van der Waals surface area contributed by atoms with Gasteiger partial charge in [0, 0.05) is 24.4 Å². The van der Waals surface area contributed by atoms with Crippen molar-refractivity contribution in [1.82, 2.24) is 4.90 Å². The first-order chi connectivity index (χ1) is 10.1. The molecule has 1 saturated heterocycles. The maximum absolute atomic E-state index is 9.87. The zero-order valence-electron chi connectivity index (χ0n) is 12.3. The third kappa shape index (κ3) is 3.84. The van der Waals surface area contributed by atoms with Gasteiger partial charge in [-0.15, -0.1) is 0 Å². The lowest BCUT2D eigenvalue weighted by molar-refractivity contribution is 0.365. The lowest BCUT2D eigenvalue weighted by Crippen LogP contribution is -2.29. The highest BCUT2D eigenvalue weighted by atomic mass is 16.3. The summed E-state index contributed by atoms with van der Waals surface area (Å²) in [5.41, 5.74) is 19.6. The summed E-state index contributed by atoms with van der Waals surface area (Å²) in [4.78, 5) is 2.18. The van der Waals surface area contributed by atoms with E-state index in [2.05, 4.69) is 4.90 Å². The van der Waals surface area contributed by atoms with E-state index in [9.17, 15) is 5.11 Å². The summed E-state index contributed by atoms with van der Waals surface area (Å²) in [5.74, 6) is 0.410. The summed E-state index contributed by atoms with van der Waals surface area (Å²) >= 11 is 0. The van der Waals surface area contributed by atoms with E-state index in [4.69, 9.17) is 17.2 Å². The minimum Gasteiger partial charge on any atom is -0.507 e. The molecule has 1 aromatic carbocycles. The van der Waals surface area contributed by atoms with Gasteiger partial charge in [0.25, 0.3) is 0 Å². The SMILES string of the molecule is NC(N)=C(/C=C(\N)c1ccccc1O)N1CCCCCC1. The smallest absolute Gasteiger partial charge is 0.124 e. The number of benzene rings is 1. The van der Waals surface area contributed by atoms with Gasteiger partial charge in [0.15, 0.2) is 0 Å². The molecule has 0 bridgehead atoms. The molecule has 0 atom stereocenters. The van der Waals surface area contributed by atoms with Crippen molar-refractivity contribution in [3.8, 4) is 5.75 Å². The van der Waals surface area contributed by atoms with Crippen molar-refractivity contribution < 1.29 is 5.11 Å². The summed E-state index contributed by atoms with van der Waals surface area (Å²) in [6.07, 6.45) is 6.47. The molecule has 0 aliphatic carbocycles. The maximum atomic E-state index is 9.87. The molecule has 1 fully saturated rings. The van der Waals surface area contributed by atoms with Crippen molar-refractivity contribution in [2.24, 2.45) is 17.2 Å². The van der Waals surface area contributed by atoms with E-state index in [0.29, 0.717) is 11.3 Å². The number of nitrogens with zero attached hydrogens (tertiary/aromatic N) is 1. The molecule has 0 radical (unpaired) electrons. The zero-order valence-corrected chi connectivity index (χ0v) is 12.3. The molecule has 7 N–H and O–H groups in total. The van der Waals surface area contributed by atoms with Crippen molar-refractivity contribution in [1.29, 1.82) is 0 Å². The van der Waals surface area contributed by atoms with Gasteiger partial charge in [-0.05, 0) is 31.1 Å². The van der Waals surface area contributed by atoms with Crippen LogP contribution in [0.4, 0.5) is 0 Å². The second-order valence-electron chi connectivity index (χ2n) is 5.36. The van der Waals surface area contributed by atoms with E-state index < -0.39 is 0 Å². The zero-order chi connectivity index (χ0) is 15.2. The molecule has 1 aliphatic rings. The van der Waals surface area contributed by atoms with Crippen molar-refractivity contribution in [2.75, 3.05) is 13.1 Å². The van der Waals surface area contributed by atoms with Crippen LogP contribution in [0.1, 0.15) is 31.2 Å². The van der Waals surface area contributed by atoms with E-state index >= 15 is 0 Å². The molecular formula is C16H24N4O. The van der Waals surface area contributed by atoms with Crippen LogP contribution >= 0.6 is 0 Å². The molecule has 0 amide bonds. The van der Waals surface area contributed by atoms with Crippen molar-refractivity contribution in [3.05, 3.63) is 47.4 Å². The Balaban J connectivity index is 2.29. The summed E-state index contributed by atoms with van der Waals surface area (Å²) < 4.78 is 0. The van der Waals surface area contributed by atoms with Gasteiger partial charge >= 0.3 is 0 Å². The van der Waals surface area contributed by atoms with Gasteiger partial charge in [0.05, 0.1) is 5.70 Å². The Morgan fingerprint density at radius 2 is 1.62 bits per heavy atom. The summed E-state index contributed by atoms with van der Waals surface area (Å²) in [5, 5.41) is 9.87. The standard InChI is InChI=1S/C16H24N4O/c17-13(12-7-3-4-8-15(12)21)11-14(16(18)19)20-9-5-1-2-6-10-20/h3-4,7-8,11,21H,1-2,5-6,9-10,17-19H2/b13-11-. The second-order valence-corrected chi connectivity index (χ2v) is 5.36. The van der Waals surface area contributed by atoms with Gasteiger partial charge in [0.1, 0.15) is 11.6 Å². The van der Waals surface area contributed by atoms with Gasteiger partial charge in [-0.25, -0.2) is 0 Å². The molecule has 0 aromatic heterocycles. The number of nitrogens with two attached hydrogens (primary N) is 3. The summed E-state index contributed by atoms with van der Waals surface area (Å²) in [6, 6.07) is 6.97. The normalized spacial score (nSPS) is 16.4. The van der Waals surface area contributed by atoms with Crippen molar-refractivity contribution >= 4 is 5.70 Å². The van der Waals surface area contributed by atoms with Crippen LogP contribution in [0.5, 0.6) is 5.75 Å². The second kappa shape index (κ2) is 6.92. The Bertz CT molecular complexity index is 539. The van der Waals surface area contributed by atoms with E-state index in [1.807, 2.05) is 6.07 Å². The van der Waals surface area contributed by atoms with Gasteiger partial charge < -0.3 is 27.2 Å². The molecule has 1 aliphatic heterocycles. The molecular weight excluding hydrogens is 264 g/mol. The highest BCUT2D eigenvalue weighted by molar-refractivity contribution is 5.69. The summed E-state index contributed by atoms with van der Waals surface area (Å²) in [6.45, 7) is 1.86. The molecule has 0 spiro atoms. The molecule has 5 heteroatoms. The topological polar surface area (TPSA) is 102 Å². The van der Waals surface area contributed by atoms with Gasteiger partial charge in [-0.1, -0.05) is 25.0 Å². The Morgan fingerprint density at radius 3 is 2.19 bits per heavy atom. The van der Waals surface area contributed by atoms with Crippen LogP contribution in [0.2, 0.25) is 0 Å². The highest BCUT2D eigenvalue weighted by Crippen LogP contribution is 2.24. The van der Waals surface area contributed by atoms with Crippen LogP contribution in [0, 0.1) is 0 Å². The minimum atomic E-state index is 0.150. The molecule has 114 valence electrons. The van der Waals surface area contributed by atoms with Crippen molar-refractivity contribution in [2.45, 2.75) is 25.7 Å². The van der Waals surface area contributed by atoms with E-state index in [1.54, 1.807) is 24.3 Å². The number of hydrogen-bond acceptors (Lipinski definition) is 5. The van der Waals surface area contributed by atoms with Gasteiger partial charge in [-0.2, -0.15) is 0 Å². The first-order valence-corrected chi connectivity index (χ1v) is 7.35. The average Bonchev–Trinajstić information content (AvgIpc) is 2.73. The monoisotopic (exact) mass is 288 g/mol. The number of allylic oxidation sites excluding steroid dienone is 1. The predicted molar refractivity (Wildman–Crippen MR) is 85.7 cm³/mol. The minimum absolute atomic E-state index is 0.150.